The minimum Gasteiger partial charge on any atom is -0.377 e. The smallest absolute Gasteiger partial charge is 0.183 e. The minimum absolute atomic E-state index is 0.141. The van der Waals surface area contributed by atoms with Crippen LogP contribution in [0, 0.1) is 6.92 Å². The molecule has 1 aliphatic rings. The topological polar surface area (TPSA) is 47.6 Å². The molecule has 31 heavy (non-hydrogen) atoms. The van der Waals surface area contributed by atoms with E-state index in [-0.39, 0.29) is 17.7 Å². The molecule has 0 bridgehead atoms. The lowest BCUT2D eigenvalue weighted by atomic mass is 9.77. The molecule has 0 saturated carbocycles. The summed E-state index contributed by atoms with van der Waals surface area (Å²) in [6.07, 6.45) is -0.439. The predicted molar refractivity (Wildman–Crippen MR) is 123 cm³/mol. The van der Waals surface area contributed by atoms with E-state index in [0.717, 1.165) is 33.5 Å². The summed E-state index contributed by atoms with van der Waals surface area (Å²) in [6, 6.07) is 24.1. The zero-order valence-corrected chi connectivity index (χ0v) is 18.3. The number of ether oxygens (including phenoxy) is 2. The van der Waals surface area contributed by atoms with E-state index in [9.17, 15) is 4.79 Å². The molecular formula is C27H29NO3. The van der Waals surface area contributed by atoms with E-state index in [2.05, 4.69) is 23.5 Å². The number of rotatable bonds is 7. The van der Waals surface area contributed by atoms with Gasteiger partial charge in [-0.1, -0.05) is 60.7 Å². The molecule has 1 N–H and O–H groups in total. The molecule has 0 saturated heterocycles. The van der Waals surface area contributed by atoms with Gasteiger partial charge >= 0.3 is 0 Å². The predicted octanol–water partition coefficient (Wildman–Crippen LogP) is 6.20. The number of hydrogen-bond acceptors (Lipinski definition) is 4. The SMILES string of the molecule is CCOC(OCC)c1cccc(C2C(=O)c3c(C)cccc3NC2c2ccccc2)c1. The van der Waals surface area contributed by atoms with Gasteiger partial charge in [0.15, 0.2) is 12.1 Å². The van der Waals surface area contributed by atoms with Gasteiger partial charge in [-0.05, 0) is 49.6 Å². The Labute approximate surface area is 184 Å². The van der Waals surface area contributed by atoms with E-state index in [1.807, 2.05) is 75.4 Å². The second kappa shape index (κ2) is 9.46. The van der Waals surface area contributed by atoms with Crippen LogP contribution in [0.1, 0.15) is 64.7 Å². The maximum Gasteiger partial charge on any atom is 0.183 e. The molecule has 4 rings (SSSR count). The number of ketones is 1. The number of Topliss-reactive ketones (excluding diaryl/α,β-unsaturated/α-hetero) is 1. The van der Waals surface area contributed by atoms with Crippen LogP contribution in [0.25, 0.3) is 0 Å². The standard InChI is InChI=1S/C27H29NO3/c1-4-30-27(31-5-2)21-15-10-14-20(17-21)24-25(19-12-7-6-8-13-19)28-22-16-9-11-18(3)23(22)26(24)29/h6-17,24-25,27-28H,4-5H2,1-3H3. The molecule has 3 aromatic rings. The molecule has 3 aromatic carbocycles. The van der Waals surface area contributed by atoms with Crippen LogP contribution in [-0.4, -0.2) is 19.0 Å². The highest BCUT2D eigenvalue weighted by atomic mass is 16.7. The van der Waals surface area contributed by atoms with Crippen molar-refractivity contribution in [2.24, 2.45) is 0 Å². The summed E-state index contributed by atoms with van der Waals surface area (Å²) in [7, 11) is 0. The fourth-order valence-electron chi connectivity index (χ4n) is 4.40. The van der Waals surface area contributed by atoms with Crippen LogP contribution in [0.3, 0.4) is 0 Å². The number of nitrogens with one attached hydrogen (secondary N) is 1. The molecule has 1 aliphatic heterocycles. The van der Waals surface area contributed by atoms with E-state index < -0.39 is 6.29 Å². The molecule has 0 spiro atoms. The molecule has 160 valence electrons. The van der Waals surface area contributed by atoms with Gasteiger partial charge in [0.05, 0.1) is 12.0 Å². The van der Waals surface area contributed by atoms with Crippen molar-refractivity contribution in [1.29, 1.82) is 0 Å². The number of anilines is 1. The van der Waals surface area contributed by atoms with Gasteiger partial charge in [0.1, 0.15) is 0 Å². The first-order valence-electron chi connectivity index (χ1n) is 10.9. The summed E-state index contributed by atoms with van der Waals surface area (Å²) < 4.78 is 11.6. The Hall–Kier alpha value is -2.95. The summed E-state index contributed by atoms with van der Waals surface area (Å²) in [6.45, 7) is 7.01. The van der Waals surface area contributed by atoms with Crippen molar-refractivity contribution in [3.63, 3.8) is 0 Å². The summed E-state index contributed by atoms with van der Waals surface area (Å²) in [5.74, 6) is -0.206. The van der Waals surface area contributed by atoms with Crippen LogP contribution in [0.2, 0.25) is 0 Å². The monoisotopic (exact) mass is 415 g/mol. The molecule has 4 heteroatoms. The highest BCUT2D eigenvalue weighted by molar-refractivity contribution is 6.09. The van der Waals surface area contributed by atoms with Crippen LogP contribution < -0.4 is 5.32 Å². The van der Waals surface area contributed by atoms with Gasteiger partial charge in [0.2, 0.25) is 0 Å². The summed E-state index contributed by atoms with van der Waals surface area (Å²) >= 11 is 0. The Morgan fingerprint density at radius 2 is 1.55 bits per heavy atom. The first-order valence-corrected chi connectivity index (χ1v) is 10.9. The fourth-order valence-corrected chi connectivity index (χ4v) is 4.40. The van der Waals surface area contributed by atoms with Crippen molar-refractivity contribution in [1.82, 2.24) is 0 Å². The highest BCUT2D eigenvalue weighted by Gasteiger charge is 2.38. The molecule has 0 fully saturated rings. The van der Waals surface area contributed by atoms with Crippen molar-refractivity contribution in [2.75, 3.05) is 18.5 Å². The van der Waals surface area contributed by atoms with Crippen LogP contribution in [0.15, 0.2) is 72.8 Å². The van der Waals surface area contributed by atoms with Gasteiger partial charge in [-0.2, -0.15) is 0 Å². The maximum atomic E-state index is 13.9. The van der Waals surface area contributed by atoms with Gasteiger partial charge in [0, 0.05) is 30.0 Å². The van der Waals surface area contributed by atoms with E-state index in [0.29, 0.717) is 13.2 Å². The van der Waals surface area contributed by atoms with Crippen molar-refractivity contribution >= 4 is 11.5 Å². The molecular weight excluding hydrogens is 386 g/mol. The van der Waals surface area contributed by atoms with E-state index >= 15 is 0 Å². The number of carbonyl (C=O) groups is 1. The highest BCUT2D eigenvalue weighted by Crippen LogP contribution is 2.43. The Morgan fingerprint density at radius 1 is 0.871 bits per heavy atom. The third-order valence-electron chi connectivity index (χ3n) is 5.78. The zero-order valence-electron chi connectivity index (χ0n) is 18.3. The molecule has 0 aromatic heterocycles. The lowest BCUT2D eigenvalue weighted by Gasteiger charge is -2.35. The Bertz CT molecular complexity index is 1040. The summed E-state index contributed by atoms with van der Waals surface area (Å²) in [4.78, 5) is 13.9. The number of carbonyl (C=O) groups excluding carboxylic acids is 1. The first kappa shape index (κ1) is 21.3. The number of fused-ring (bicyclic) bond motifs is 1. The van der Waals surface area contributed by atoms with Crippen LogP contribution >= 0.6 is 0 Å². The van der Waals surface area contributed by atoms with Crippen molar-refractivity contribution in [3.05, 3.63) is 101 Å². The van der Waals surface area contributed by atoms with Crippen molar-refractivity contribution in [2.45, 2.75) is 39.0 Å². The molecule has 1 heterocycles. The van der Waals surface area contributed by atoms with Gasteiger partial charge in [-0.3, -0.25) is 4.79 Å². The van der Waals surface area contributed by atoms with E-state index in [4.69, 9.17) is 9.47 Å². The average Bonchev–Trinajstić information content (AvgIpc) is 2.79. The lowest BCUT2D eigenvalue weighted by Crippen LogP contribution is -2.32. The molecule has 0 aliphatic carbocycles. The largest absolute Gasteiger partial charge is 0.377 e. The van der Waals surface area contributed by atoms with Crippen LogP contribution in [-0.2, 0) is 9.47 Å². The maximum absolute atomic E-state index is 13.9. The Morgan fingerprint density at radius 3 is 2.26 bits per heavy atom. The first-order chi connectivity index (χ1) is 15.1. The van der Waals surface area contributed by atoms with Crippen molar-refractivity contribution in [3.8, 4) is 0 Å². The van der Waals surface area contributed by atoms with Gasteiger partial charge in [0.25, 0.3) is 0 Å². The zero-order chi connectivity index (χ0) is 21.8. The van der Waals surface area contributed by atoms with Gasteiger partial charge < -0.3 is 14.8 Å². The second-order valence-electron chi connectivity index (χ2n) is 7.78. The fraction of sp³-hybridized carbons (Fsp3) is 0.296. The van der Waals surface area contributed by atoms with E-state index in [1.165, 1.54) is 0 Å². The average molecular weight is 416 g/mol. The third-order valence-corrected chi connectivity index (χ3v) is 5.78. The van der Waals surface area contributed by atoms with Gasteiger partial charge in [-0.25, -0.2) is 0 Å². The molecule has 0 radical (unpaired) electrons. The van der Waals surface area contributed by atoms with Crippen LogP contribution in [0.4, 0.5) is 5.69 Å². The molecule has 2 unspecified atom stereocenters. The van der Waals surface area contributed by atoms with E-state index in [1.54, 1.807) is 0 Å². The quantitative estimate of drug-likeness (QED) is 0.467. The number of hydrogen-bond donors (Lipinski definition) is 1. The minimum atomic E-state index is -0.439. The molecule has 4 nitrogen and oxygen atoms in total. The normalized spacial score (nSPS) is 18.0. The van der Waals surface area contributed by atoms with Crippen molar-refractivity contribution < 1.29 is 14.3 Å². The second-order valence-corrected chi connectivity index (χ2v) is 7.78. The molecule has 0 amide bonds. The van der Waals surface area contributed by atoms with Gasteiger partial charge in [-0.15, -0.1) is 0 Å². The Balaban J connectivity index is 1.81. The van der Waals surface area contributed by atoms with Crippen LogP contribution in [0.5, 0.6) is 0 Å². The summed E-state index contributed by atoms with van der Waals surface area (Å²) in [5.41, 5.74) is 5.64. The molecule has 2 atom stereocenters. The lowest BCUT2D eigenvalue weighted by molar-refractivity contribution is -0.140. The number of aryl methyl sites for hydroxylation is 1. The third kappa shape index (κ3) is 4.27. The Kier molecular flexibility index (Phi) is 6.50. The number of benzene rings is 3. The summed E-state index contributed by atoms with van der Waals surface area (Å²) in [5, 5.41) is 3.65.